The van der Waals surface area contributed by atoms with Crippen molar-refractivity contribution in [2.45, 2.75) is 20.8 Å². The SMILES string of the molecule is CCOc1cccc(OCCNC(=O)c2ccc(C)c(C)c2)c1. The average Bonchev–Trinajstić information content (AvgIpc) is 2.54. The lowest BCUT2D eigenvalue weighted by Crippen LogP contribution is -2.28. The van der Waals surface area contributed by atoms with E-state index in [1.54, 1.807) is 0 Å². The van der Waals surface area contributed by atoms with E-state index in [4.69, 9.17) is 9.47 Å². The molecular weight excluding hydrogens is 290 g/mol. The molecule has 0 radical (unpaired) electrons. The van der Waals surface area contributed by atoms with Crippen molar-refractivity contribution in [1.82, 2.24) is 5.32 Å². The Hall–Kier alpha value is -2.49. The van der Waals surface area contributed by atoms with Crippen molar-refractivity contribution in [1.29, 1.82) is 0 Å². The van der Waals surface area contributed by atoms with Gasteiger partial charge < -0.3 is 14.8 Å². The van der Waals surface area contributed by atoms with E-state index in [2.05, 4.69) is 5.32 Å². The van der Waals surface area contributed by atoms with Crippen LogP contribution in [0.15, 0.2) is 42.5 Å². The zero-order valence-electron chi connectivity index (χ0n) is 13.9. The predicted molar refractivity (Wildman–Crippen MR) is 91.4 cm³/mol. The Labute approximate surface area is 137 Å². The van der Waals surface area contributed by atoms with E-state index in [9.17, 15) is 4.79 Å². The van der Waals surface area contributed by atoms with Gasteiger partial charge in [-0.05, 0) is 56.2 Å². The quantitative estimate of drug-likeness (QED) is 0.796. The normalized spacial score (nSPS) is 10.2. The average molecular weight is 313 g/mol. The van der Waals surface area contributed by atoms with Crippen LogP contribution < -0.4 is 14.8 Å². The molecule has 4 nitrogen and oxygen atoms in total. The fraction of sp³-hybridized carbons (Fsp3) is 0.316. The Morgan fingerprint density at radius 1 is 1.00 bits per heavy atom. The molecule has 0 aliphatic heterocycles. The monoisotopic (exact) mass is 313 g/mol. The summed E-state index contributed by atoms with van der Waals surface area (Å²) in [5.74, 6) is 1.43. The molecule has 0 bridgehead atoms. The molecule has 1 N–H and O–H groups in total. The Morgan fingerprint density at radius 2 is 1.74 bits per heavy atom. The van der Waals surface area contributed by atoms with E-state index in [1.165, 1.54) is 5.56 Å². The molecule has 2 rings (SSSR count). The lowest BCUT2D eigenvalue weighted by atomic mass is 10.1. The van der Waals surface area contributed by atoms with Crippen LogP contribution >= 0.6 is 0 Å². The van der Waals surface area contributed by atoms with Crippen molar-refractivity contribution in [3.63, 3.8) is 0 Å². The highest BCUT2D eigenvalue weighted by Crippen LogP contribution is 2.19. The largest absolute Gasteiger partial charge is 0.494 e. The van der Waals surface area contributed by atoms with Gasteiger partial charge in [0.05, 0.1) is 13.2 Å². The third-order valence-corrected chi connectivity index (χ3v) is 3.54. The molecule has 122 valence electrons. The maximum atomic E-state index is 12.1. The lowest BCUT2D eigenvalue weighted by molar-refractivity contribution is 0.0947. The Morgan fingerprint density at radius 3 is 2.43 bits per heavy atom. The summed E-state index contributed by atoms with van der Waals surface area (Å²) in [6.07, 6.45) is 0. The van der Waals surface area contributed by atoms with Crippen LogP contribution in [-0.2, 0) is 0 Å². The van der Waals surface area contributed by atoms with Gasteiger partial charge in [-0.15, -0.1) is 0 Å². The number of aryl methyl sites for hydroxylation is 2. The molecule has 4 heteroatoms. The first kappa shape index (κ1) is 16.9. The molecular formula is C19H23NO3. The summed E-state index contributed by atoms with van der Waals surface area (Å²) in [6.45, 7) is 7.45. The van der Waals surface area contributed by atoms with Gasteiger partial charge in [0.2, 0.25) is 0 Å². The highest BCUT2D eigenvalue weighted by molar-refractivity contribution is 5.94. The van der Waals surface area contributed by atoms with Crippen LogP contribution in [0.3, 0.4) is 0 Å². The molecule has 0 saturated carbocycles. The van der Waals surface area contributed by atoms with Gasteiger partial charge >= 0.3 is 0 Å². The van der Waals surface area contributed by atoms with Crippen LogP contribution in [0.5, 0.6) is 11.5 Å². The number of nitrogens with one attached hydrogen (secondary N) is 1. The number of benzene rings is 2. The van der Waals surface area contributed by atoms with E-state index < -0.39 is 0 Å². The highest BCUT2D eigenvalue weighted by atomic mass is 16.5. The van der Waals surface area contributed by atoms with E-state index in [1.807, 2.05) is 63.2 Å². The number of hydrogen-bond donors (Lipinski definition) is 1. The zero-order valence-corrected chi connectivity index (χ0v) is 13.9. The fourth-order valence-electron chi connectivity index (χ4n) is 2.14. The molecule has 0 fully saturated rings. The number of carbonyl (C=O) groups is 1. The molecule has 2 aromatic rings. The van der Waals surface area contributed by atoms with Gasteiger partial charge in [0.15, 0.2) is 0 Å². The van der Waals surface area contributed by atoms with Crippen molar-refractivity contribution in [3.8, 4) is 11.5 Å². The summed E-state index contributed by atoms with van der Waals surface area (Å²) in [6, 6.07) is 13.2. The molecule has 0 aliphatic rings. The van der Waals surface area contributed by atoms with Crippen LogP contribution in [0.4, 0.5) is 0 Å². The number of carbonyl (C=O) groups excluding carboxylic acids is 1. The third kappa shape index (κ3) is 5.02. The van der Waals surface area contributed by atoms with E-state index in [-0.39, 0.29) is 5.91 Å². The summed E-state index contributed by atoms with van der Waals surface area (Å²) in [7, 11) is 0. The molecule has 0 unspecified atom stereocenters. The van der Waals surface area contributed by atoms with Gasteiger partial charge in [-0.3, -0.25) is 4.79 Å². The minimum Gasteiger partial charge on any atom is -0.494 e. The molecule has 0 aliphatic carbocycles. The molecule has 0 heterocycles. The second-order valence-electron chi connectivity index (χ2n) is 5.31. The number of ether oxygens (including phenoxy) is 2. The molecule has 0 spiro atoms. The van der Waals surface area contributed by atoms with Crippen molar-refractivity contribution in [2.24, 2.45) is 0 Å². The molecule has 23 heavy (non-hydrogen) atoms. The Kier molecular flexibility index (Phi) is 6.03. The summed E-state index contributed by atoms with van der Waals surface area (Å²) < 4.78 is 11.0. The van der Waals surface area contributed by atoms with Crippen LogP contribution in [0.2, 0.25) is 0 Å². The molecule has 0 saturated heterocycles. The van der Waals surface area contributed by atoms with Gasteiger partial charge in [0.25, 0.3) is 5.91 Å². The van der Waals surface area contributed by atoms with Crippen molar-refractivity contribution < 1.29 is 14.3 Å². The number of hydrogen-bond acceptors (Lipinski definition) is 3. The topological polar surface area (TPSA) is 47.6 Å². The second-order valence-corrected chi connectivity index (χ2v) is 5.31. The zero-order chi connectivity index (χ0) is 16.7. The van der Waals surface area contributed by atoms with Gasteiger partial charge in [-0.1, -0.05) is 12.1 Å². The first-order chi connectivity index (χ1) is 11.1. The summed E-state index contributed by atoms with van der Waals surface area (Å²) in [4.78, 5) is 12.1. The van der Waals surface area contributed by atoms with E-state index in [0.717, 1.165) is 17.1 Å². The predicted octanol–water partition coefficient (Wildman–Crippen LogP) is 3.51. The standard InChI is InChI=1S/C19H23NO3/c1-4-22-17-6-5-7-18(13-17)23-11-10-20-19(21)16-9-8-14(2)15(3)12-16/h5-9,12-13H,4,10-11H2,1-3H3,(H,20,21). The molecule has 0 aromatic heterocycles. The Balaban J connectivity index is 1.79. The minimum atomic E-state index is -0.0835. The number of rotatable bonds is 7. The van der Waals surface area contributed by atoms with Crippen LogP contribution in [0.25, 0.3) is 0 Å². The first-order valence-electron chi connectivity index (χ1n) is 7.81. The fourth-order valence-corrected chi connectivity index (χ4v) is 2.14. The summed E-state index contributed by atoms with van der Waals surface area (Å²) in [5.41, 5.74) is 2.96. The van der Waals surface area contributed by atoms with E-state index in [0.29, 0.717) is 25.3 Å². The van der Waals surface area contributed by atoms with Crippen LogP contribution in [-0.4, -0.2) is 25.7 Å². The summed E-state index contributed by atoms with van der Waals surface area (Å²) >= 11 is 0. The molecule has 2 aromatic carbocycles. The third-order valence-electron chi connectivity index (χ3n) is 3.54. The minimum absolute atomic E-state index is 0.0835. The van der Waals surface area contributed by atoms with Crippen LogP contribution in [0, 0.1) is 13.8 Å². The maximum absolute atomic E-state index is 12.1. The van der Waals surface area contributed by atoms with Crippen molar-refractivity contribution in [2.75, 3.05) is 19.8 Å². The summed E-state index contributed by atoms with van der Waals surface area (Å²) in [5, 5.41) is 2.86. The van der Waals surface area contributed by atoms with Gasteiger partial charge in [-0.25, -0.2) is 0 Å². The number of amides is 1. The van der Waals surface area contributed by atoms with Crippen LogP contribution in [0.1, 0.15) is 28.4 Å². The van der Waals surface area contributed by atoms with E-state index >= 15 is 0 Å². The van der Waals surface area contributed by atoms with Gasteiger partial charge in [0.1, 0.15) is 18.1 Å². The highest BCUT2D eigenvalue weighted by Gasteiger charge is 2.06. The van der Waals surface area contributed by atoms with Crippen molar-refractivity contribution in [3.05, 3.63) is 59.2 Å². The second kappa shape index (κ2) is 8.22. The van der Waals surface area contributed by atoms with Gasteiger partial charge in [0, 0.05) is 11.6 Å². The smallest absolute Gasteiger partial charge is 0.251 e. The molecule has 0 atom stereocenters. The maximum Gasteiger partial charge on any atom is 0.251 e. The van der Waals surface area contributed by atoms with Crippen molar-refractivity contribution >= 4 is 5.91 Å². The first-order valence-corrected chi connectivity index (χ1v) is 7.81. The molecule has 1 amide bonds. The lowest BCUT2D eigenvalue weighted by Gasteiger charge is -2.10. The van der Waals surface area contributed by atoms with Gasteiger partial charge in [-0.2, -0.15) is 0 Å². The Bertz CT molecular complexity index is 667.